The molecular formula is C11H21NO4. The van der Waals surface area contributed by atoms with E-state index in [0.717, 1.165) is 12.8 Å². The zero-order chi connectivity index (χ0) is 12.0. The van der Waals surface area contributed by atoms with Gasteiger partial charge in [-0.15, -0.1) is 0 Å². The Morgan fingerprint density at radius 2 is 2.31 bits per heavy atom. The second-order valence-corrected chi connectivity index (χ2v) is 4.12. The van der Waals surface area contributed by atoms with E-state index in [4.69, 9.17) is 9.47 Å². The van der Waals surface area contributed by atoms with Gasteiger partial charge in [0.1, 0.15) is 0 Å². The molecule has 1 aliphatic rings. The van der Waals surface area contributed by atoms with Gasteiger partial charge in [-0.05, 0) is 12.8 Å². The molecule has 0 radical (unpaired) electrons. The van der Waals surface area contributed by atoms with Crippen molar-refractivity contribution >= 4 is 6.09 Å². The number of rotatable bonds is 5. The fourth-order valence-electron chi connectivity index (χ4n) is 1.85. The van der Waals surface area contributed by atoms with E-state index in [0.29, 0.717) is 26.2 Å². The summed E-state index contributed by atoms with van der Waals surface area (Å²) in [5.74, 6) is 0. The number of likely N-dealkylation sites (tertiary alicyclic amines) is 1. The first-order chi connectivity index (χ1) is 7.69. The first kappa shape index (κ1) is 13.3. The molecule has 1 amide bonds. The Balaban J connectivity index is 2.40. The summed E-state index contributed by atoms with van der Waals surface area (Å²) in [6.45, 7) is 3.28. The molecular weight excluding hydrogens is 210 g/mol. The molecule has 0 bridgehead atoms. The smallest absolute Gasteiger partial charge is 0.410 e. The van der Waals surface area contributed by atoms with Gasteiger partial charge in [-0.3, -0.25) is 0 Å². The minimum atomic E-state index is -0.459. The van der Waals surface area contributed by atoms with Crippen molar-refractivity contribution < 1.29 is 19.4 Å². The van der Waals surface area contributed by atoms with Gasteiger partial charge in [-0.2, -0.15) is 0 Å². The van der Waals surface area contributed by atoms with Gasteiger partial charge in [-0.25, -0.2) is 4.79 Å². The van der Waals surface area contributed by atoms with Crippen LogP contribution in [0.25, 0.3) is 0 Å². The molecule has 1 rings (SSSR count). The topological polar surface area (TPSA) is 59.0 Å². The van der Waals surface area contributed by atoms with Gasteiger partial charge in [0.25, 0.3) is 0 Å². The van der Waals surface area contributed by atoms with Crippen LogP contribution < -0.4 is 0 Å². The number of β-amino-alcohol motifs (C(OH)–C–C–N with tert-alkyl or cyclic N) is 1. The van der Waals surface area contributed by atoms with Crippen LogP contribution in [0.2, 0.25) is 0 Å². The average Bonchev–Trinajstić information content (AvgIpc) is 2.60. The number of nitrogens with zero attached hydrogens (tertiary/aromatic N) is 1. The molecule has 0 aliphatic carbocycles. The monoisotopic (exact) mass is 231 g/mol. The number of carbonyl (C=O) groups is 1. The van der Waals surface area contributed by atoms with E-state index in [2.05, 4.69) is 0 Å². The lowest BCUT2D eigenvalue weighted by atomic mass is 10.2. The lowest BCUT2D eigenvalue weighted by Crippen LogP contribution is -2.38. The predicted molar refractivity (Wildman–Crippen MR) is 59.2 cm³/mol. The van der Waals surface area contributed by atoms with Crippen molar-refractivity contribution in [2.75, 3.05) is 26.9 Å². The van der Waals surface area contributed by atoms with Gasteiger partial charge < -0.3 is 19.5 Å². The van der Waals surface area contributed by atoms with Crippen molar-refractivity contribution in [2.24, 2.45) is 0 Å². The second kappa shape index (κ2) is 6.70. The predicted octanol–water partition coefficient (Wildman–Crippen LogP) is 1.00. The summed E-state index contributed by atoms with van der Waals surface area (Å²) < 4.78 is 10.1. The molecule has 0 aromatic rings. The molecule has 1 aliphatic heterocycles. The van der Waals surface area contributed by atoms with E-state index in [9.17, 15) is 9.90 Å². The maximum absolute atomic E-state index is 11.7. The van der Waals surface area contributed by atoms with Crippen LogP contribution >= 0.6 is 0 Å². The standard InChI is InChI=1S/C11H21NO4/c1-3-4-5-16-11(14)12-7-10(13)6-9(12)8-15-2/h9-10,13H,3-8H2,1-2H3. The van der Waals surface area contributed by atoms with Gasteiger partial charge in [-0.1, -0.05) is 13.3 Å². The number of unbranched alkanes of at least 4 members (excludes halogenated alkanes) is 1. The van der Waals surface area contributed by atoms with E-state index >= 15 is 0 Å². The first-order valence-electron chi connectivity index (χ1n) is 5.79. The van der Waals surface area contributed by atoms with E-state index in [1.165, 1.54) is 0 Å². The molecule has 0 aromatic carbocycles. The Kier molecular flexibility index (Phi) is 5.55. The van der Waals surface area contributed by atoms with Crippen LogP contribution in [0.1, 0.15) is 26.2 Å². The van der Waals surface area contributed by atoms with Crippen molar-refractivity contribution in [3.05, 3.63) is 0 Å². The van der Waals surface area contributed by atoms with E-state index < -0.39 is 6.10 Å². The molecule has 94 valence electrons. The minimum absolute atomic E-state index is 0.0610. The number of aliphatic hydroxyl groups excluding tert-OH is 1. The third-order valence-corrected chi connectivity index (χ3v) is 2.71. The van der Waals surface area contributed by atoms with Gasteiger partial charge in [0.15, 0.2) is 0 Å². The number of hydrogen-bond acceptors (Lipinski definition) is 4. The number of amides is 1. The third kappa shape index (κ3) is 3.64. The fourth-order valence-corrected chi connectivity index (χ4v) is 1.85. The molecule has 0 spiro atoms. The molecule has 0 aromatic heterocycles. The highest BCUT2D eigenvalue weighted by molar-refractivity contribution is 5.68. The van der Waals surface area contributed by atoms with E-state index in [-0.39, 0.29) is 12.1 Å². The number of aliphatic hydroxyl groups is 1. The molecule has 2 atom stereocenters. The third-order valence-electron chi connectivity index (χ3n) is 2.71. The highest BCUT2D eigenvalue weighted by atomic mass is 16.6. The largest absolute Gasteiger partial charge is 0.449 e. The molecule has 5 heteroatoms. The van der Waals surface area contributed by atoms with Crippen LogP contribution in [0.3, 0.4) is 0 Å². The molecule has 1 fully saturated rings. The molecule has 16 heavy (non-hydrogen) atoms. The Morgan fingerprint density at radius 1 is 1.56 bits per heavy atom. The number of ether oxygens (including phenoxy) is 2. The summed E-state index contributed by atoms with van der Waals surface area (Å²) in [7, 11) is 1.59. The van der Waals surface area contributed by atoms with Gasteiger partial charge in [0, 0.05) is 7.11 Å². The van der Waals surface area contributed by atoms with Gasteiger partial charge >= 0.3 is 6.09 Å². The Morgan fingerprint density at radius 3 is 2.94 bits per heavy atom. The zero-order valence-electron chi connectivity index (χ0n) is 10.0. The van der Waals surface area contributed by atoms with Crippen molar-refractivity contribution in [3.63, 3.8) is 0 Å². The Bertz CT molecular complexity index is 222. The number of carbonyl (C=O) groups excluding carboxylic acids is 1. The zero-order valence-corrected chi connectivity index (χ0v) is 10.0. The first-order valence-corrected chi connectivity index (χ1v) is 5.79. The summed E-state index contributed by atoms with van der Waals surface area (Å²) in [6, 6.07) is -0.0610. The summed E-state index contributed by atoms with van der Waals surface area (Å²) in [5.41, 5.74) is 0. The summed E-state index contributed by atoms with van der Waals surface area (Å²) in [4.78, 5) is 13.2. The lowest BCUT2D eigenvalue weighted by Gasteiger charge is -2.22. The summed E-state index contributed by atoms with van der Waals surface area (Å²) in [5, 5.41) is 9.51. The van der Waals surface area contributed by atoms with Crippen LogP contribution in [0, 0.1) is 0 Å². The number of hydrogen-bond donors (Lipinski definition) is 1. The van der Waals surface area contributed by atoms with E-state index in [1.54, 1.807) is 12.0 Å². The van der Waals surface area contributed by atoms with Crippen molar-refractivity contribution in [3.8, 4) is 0 Å². The number of methoxy groups -OCH3 is 1. The Labute approximate surface area is 96.3 Å². The van der Waals surface area contributed by atoms with Crippen molar-refractivity contribution in [1.82, 2.24) is 4.90 Å². The highest BCUT2D eigenvalue weighted by Crippen LogP contribution is 2.19. The maximum Gasteiger partial charge on any atom is 0.410 e. The highest BCUT2D eigenvalue weighted by Gasteiger charge is 2.35. The summed E-state index contributed by atoms with van der Waals surface area (Å²) in [6.07, 6.45) is 1.64. The molecule has 0 saturated carbocycles. The summed E-state index contributed by atoms with van der Waals surface area (Å²) >= 11 is 0. The Hall–Kier alpha value is -0.810. The van der Waals surface area contributed by atoms with E-state index in [1.807, 2.05) is 6.92 Å². The van der Waals surface area contributed by atoms with Crippen molar-refractivity contribution in [1.29, 1.82) is 0 Å². The normalized spacial score (nSPS) is 24.8. The molecule has 1 heterocycles. The minimum Gasteiger partial charge on any atom is -0.449 e. The second-order valence-electron chi connectivity index (χ2n) is 4.12. The lowest BCUT2D eigenvalue weighted by molar-refractivity contribution is 0.0724. The van der Waals surface area contributed by atoms with Crippen LogP contribution in [-0.2, 0) is 9.47 Å². The quantitative estimate of drug-likeness (QED) is 0.717. The maximum atomic E-state index is 11.7. The molecule has 1 saturated heterocycles. The fraction of sp³-hybridized carbons (Fsp3) is 0.909. The van der Waals surface area contributed by atoms with Crippen LogP contribution in [0.4, 0.5) is 4.79 Å². The SMILES string of the molecule is CCCCOC(=O)N1CC(O)CC1COC. The van der Waals surface area contributed by atoms with Crippen molar-refractivity contribution in [2.45, 2.75) is 38.3 Å². The van der Waals surface area contributed by atoms with Gasteiger partial charge in [0.05, 0.1) is 31.9 Å². The van der Waals surface area contributed by atoms with Crippen LogP contribution in [0.5, 0.6) is 0 Å². The molecule has 2 unspecified atom stereocenters. The van der Waals surface area contributed by atoms with Crippen LogP contribution in [-0.4, -0.2) is 55.1 Å². The average molecular weight is 231 g/mol. The molecule has 1 N–H and O–H groups in total. The van der Waals surface area contributed by atoms with Gasteiger partial charge in [0.2, 0.25) is 0 Å². The van der Waals surface area contributed by atoms with Crippen LogP contribution in [0.15, 0.2) is 0 Å². The molecule has 5 nitrogen and oxygen atoms in total.